The summed E-state index contributed by atoms with van der Waals surface area (Å²) >= 11 is 0. The Bertz CT molecular complexity index is 259. The molecule has 0 aromatic heterocycles. The summed E-state index contributed by atoms with van der Waals surface area (Å²) < 4.78 is 0. The highest BCUT2D eigenvalue weighted by Gasteiger charge is 2.11. The predicted octanol–water partition coefficient (Wildman–Crippen LogP) is 2.17. The minimum Gasteiger partial charge on any atom is -0.373 e. The molecule has 0 spiro atoms. The summed E-state index contributed by atoms with van der Waals surface area (Å²) in [5.41, 5.74) is 0.205. The molecule has 0 radical (unpaired) electrons. The van der Waals surface area contributed by atoms with Crippen molar-refractivity contribution in [2.24, 2.45) is 0 Å². The molecule has 0 saturated carbocycles. The van der Waals surface area contributed by atoms with Crippen LogP contribution in [0.1, 0.15) is 26.2 Å². The topological polar surface area (TPSA) is 46.4 Å². The molecule has 14 heavy (non-hydrogen) atoms. The third kappa shape index (κ3) is 3.20. The lowest BCUT2D eigenvalue weighted by Crippen LogP contribution is -2.22. The zero-order valence-corrected chi connectivity index (χ0v) is 8.48. The largest absolute Gasteiger partial charge is 0.373 e. The molecule has 4 heteroatoms. The van der Waals surface area contributed by atoms with Gasteiger partial charge in [-0.1, -0.05) is 19.8 Å². The second kappa shape index (κ2) is 5.42. The Balaban J connectivity index is 2.30. The van der Waals surface area contributed by atoms with Crippen LogP contribution in [0.3, 0.4) is 0 Å². The first-order valence-corrected chi connectivity index (χ1v) is 5.01. The first kappa shape index (κ1) is 10.8. The van der Waals surface area contributed by atoms with E-state index in [1.807, 2.05) is 6.20 Å². The van der Waals surface area contributed by atoms with Crippen LogP contribution in [-0.2, 0) is 0 Å². The molecule has 0 N–H and O–H groups in total. The van der Waals surface area contributed by atoms with Gasteiger partial charge in [-0.2, -0.15) is 0 Å². The van der Waals surface area contributed by atoms with E-state index in [1.165, 1.54) is 12.8 Å². The number of allylic oxidation sites excluding steroid dienone is 1. The van der Waals surface area contributed by atoms with Crippen LogP contribution >= 0.6 is 0 Å². The molecule has 0 aliphatic carbocycles. The number of nitrogens with zero attached hydrogens (tertiary/aromatic N) is 2. The Kier molecular flexibility index (Phi) is 4.16. The molecule has 4 nitrogen and oxygen atoms in total. The smallest absolute Gasteiger partial charge is 0.268 e. The fraction of sp³-hybridized carbons (Fsp3) is 0.600. The maximum atomic E-state index is 10.4. The van der Waals surface area contributed by atoms with Crippen molar-refractivity contribution in [3.63, 3.8) is 0 Å². The molecule has 1 aliphatic rings. The summed E-state index contributed by atoms with van der Waals surface area (Å²) in [6, 6.07) is 0. The van der Waals surface area contributed by atoms with Crippen LogP contribution in [0.4, 0.5) is 0 Å². The van der Waals surface area contributed by atoms with Gasteiger partial charge in [-0.3, -0.25) is 10.1 Å². The van der Waals surface area contributed by atoms with Gasteiger partial charge in [0.1, 0.15) is 0 Å². The van der Waals surface area contributed by atoms with Crippen molar-refractivity contribution in [1.29, 1.82) is 0 Å². The van der Waals surface area contributed by atoms with Gasteiger partial charge < -0.3 is 4.90 Å². The molecule has 1 heterocycles. The van der Waals surface area contributed by atoms with E-state index < -0.39 is 0 Å². The monoisotopic (exact) mass is 196 g/mol. The molecule has 0 fully saturated rings. The first-order chi connectivity index (χ1) is 6.74. The van der Waals surface area contributed by atoms with Crippen molar-refractivity contribution in [1.82, 2.24) is 4.90 Å². The van der Waals surface area contributed by atoms with Gasteiger partial charge in [-0.25, -0.2) is 0 Å². The van der Waals surface area contributed by atoms with Crippen LogP contribution in [0, 0.1) is 10.1 Å². The van der Waals surface area contributed by atoms with Crippen molar-refractivity contribution >= 4 is 0 Å². The average Bonchev–Trinajstić information content (AvgIpc) is 2.19. The van der Waals surface area contributed by atoms with Gasteiger partial charge in [-0.15, -0.1) is 0 Å². The number of unbranched alkanes of at least 4 members (excludes halogenated alkanes) is 2. The van der Waals surface area contributed by atoms with Crippen LogP contribution in [0.2, 0.25) is 0 Å². The Labute approximate surface area is 84.1 Å². The van der Waals surface area contributed by atoms with E-state index in [2.05, 4.69) is 11.8 Å². The van der Waals surface area contributed by atoms with Gasteiger partial charge in [0.25, 0.3) is 5.70 Å². The lowest BCUT2D eigenvalue weighted by molar-refractivity contribution is -0.419. The van der Waals surface area contributed by atoms with E-state index in [0.29, 0.717) is 6.54 Å². The third-order valence-corrected chi connectivity index (χ3v) is 2.25. The Morgan fingerprint density at radius 1 is 1.57 bits per heavy atom. The van der Waals surface area contributed by atoms with Crippen molar-refractivity contribution in [2.75, 3.05) is 13.1 Å². The van der Waals surface area contributed by atoms with E-state index in [4.69, 9.17) is 0 Å². The number of hydrogen-bond acceptors (Lipinski definition) is 3. The molecule has 0 bridgehead atoms. The molecular weight excluding hydrogens is 180 g/mol. The van der Waals surface area contributed by atoms with Crippen molar-refractivity contribution in [3.8, 4) is 0 Å². The second-order valence-corrected chi connectivity index (χ2v) is 3.40. The molecule has 0 saturated heterocycles. The van der Waals surface area contributed by atoms with E-state index >= 15 is 0 Å². The summed E-state index contributed by atoms with van der Waals surface area (Å²) in [6.45, 7) is 3.82. The second-order valence-electron chi connectivity index (χ2n) is 3.40. The summed E-state index contributed by atoms with van der Waals surface area (Å²) in [5, 5.41) is 10.4. The maximum Gasteiger partial charge on any atom is 0.268 e. The zero-order chi connectivity index (χ0) is 10.4. The quantitative estimate of drug-likeness (QED) is 0.384. The lowest BCUT2D eigenvalue weighted by Gasteiger charge is -2.20. The molecular formula is C10H16N2O2. The molecule has 0 atom stereocenters. The highest BCUT2D eigenvalue weighted by Crippen LogP contribution is 2.08. The molecule has 0 aromatic carbocycles. The van der Waals surface area contributed by atoms with Gasteiger partial charge in [0.05, 0.1) is 4.92 Å². The molecule has 78 valence electrons. The molecule has 0 amide bonds. The van der Waals surface area contributed by atoms with E-state index in [0.717, 1.165) is 13.0 Å². The van der Waals surface area contributed by atoms with Gasteiger partial charge in [0, 0.05) is 31.4 Å². The summed E-state index contributed by atoms with van der Waals surface area (Å²) in [6.07, 6.45) is 8.61. The zero-order valence-electron chi connectivity index (χ0n) is 8.48. The number of hydrogen-bond donors (Lipinski definition) is 0. The van der Waals surface area contributed by atoms with Gasteiger partial charge in [-0.05, 0) is 6.42 Å². The highest BCUT2D eigenvalue weighted by atomic mass is 16.6. The van der Waals surface area contributed by atoms with Crippen LogP contribution in [0.15, 0.2) is 24.0 Å². The van der Waals surface area contributed by atoms with Crippen LogP contribution < -0.4 is 0 Å². The van der Waals surface area contributed by atoms with Gasteiger partial charge in [0.15, 0.2) is 0 Å². The van der Waals surface area contributed by atoms with Gasteiger partial charge >= 0.3 is 0 Å². The molecule has 1 rings (SSSR count). The summed E-state index contributed by atoms with van der Waals surface area (Å²) in [7, 11) is 0. The Morgan fingerprint density at radius 2 is 2.36 bits per heavy atom. The number of rotatable bonds is 5. The fourth-order valence-electron chi connectivity index (χ4n) is 1.39. The third-order valence-electron chi connectivity index (χ3n) is 2.25. The fourth-order valence-corrected chi connectivity index (χ4v) is 1.39. The van der Waals surface area contributed by atoms with E-state index in [-0.39, 0.29) is 10.6 Å². The minimum atomic E-state index is -0.347. The van der Waals surface area contributed by atoms with Crippen LogP contribution in [0.5, 0.6) is 0 Å². The van der Waals surface area contributed by atoms with Crippen molar-refractivity contribution in [2.45, 2.75) is 26.2 Å². The summed E-state index contributed by atoms with van der Waals surface area (Å²) in [4.78, 5) is 12.1. The normalized spacial score (nSPS) is 15.5. The first-order valence-electron chi connectivity index (χ1n) is 5.01. The van der Waals surface area contributed by atoms with Crippen LogP contribution in [0.25, 0.3) is 0 Å². The Morgan fingerprint density at radius 3 is 2.86 bits per heavy atom. The van der Waals surface area contributed by atoms with E-state index in [9.17, 15) is 10.1 Å². The van der Waals surface area contributed by atoms with Crippen molar-refractivity contribution in [3.05, 3.63) is 34.2 Å². The van der Waals surface area contributed by atoms with Gasteiger partial charge in [0.2, 0.25) is 0 Å². The maximum absolute atomic E-state index is 10.4. The molecule has 1 aliphatic heterocycles. The SMILES string of the molecule is CCCCCN1C=CC([N+](=O)[O-])=CC1. The van der Waals surface area contributed by atoms with E-state index in [1.54, 1.807) is 12.2 Å². The Hall–Kier alpha value is -1.32. The van der Waals surface area contributed by atoms with Crippen LogP contribution in [-0.4, -0.2) is 22.9 Å². The summed E-state index contributed by atoms with van der Waals surface area (Å²) in [5.74, 6) is 0. The predicted molar refractivity (Wildman–Crippen MR) is 55.3 cm³/mol. The van der Waals surface area contributed by atoms with Crippen molar-refractivity contribution < 1.29 is 4.92 Å². The lowest BCUT2D eigenvalue weighted by atomic mass is 10.2. The minimum absolute atomic E-state index is 0.205. The molecule has 0 aromatic rings. The standard InChI is InChI=1S/C10H16N2O2/c1-2-3-4-7-11-8-5-10(6-9-11)12(13)14/h5-6,8H,2-4,7,9H2,1H3. The average molecular weight is 196 g/mol. The molecule has 0 unspecified atom stereocenters. The number of nitro groups is 1. The highest BCUT2D eigenvalue weighted by molar-refractivity contribution is 5.15.